The van der Waals surface area contributed by atoms with E-state index in [0.29, 0.717) is 6.07 Å². The van der Waals surface area contributed by atoms with Crippen molar-refractivity contribution >= 4 is 11.6 Å². The number of phenolic OH excluding ortho intramolecular Hbond substituents is 2. The Morgan fingerprint density at radius 3 is 2.38 bits per heavy atom. The topological polar surface area (TPSA) is 60.8 Å². The number of hydrogen-bond donors (Lipinski definition) is 2. The van der Waals surface area contributed by atoms with Gasteiger partial charge in [0, 0.05) is 18.8 Å². The first-order chi connectivity index (χ1) is 9.82. The fourth-order valence-corrected chi connectivity index (χ4v) is 1.75. The summed E-state index contributed by atoms with van der Waals surface area (Å²) in [6, 6.07) is 5.87. The SMILES string of the molecule is CN(C(=O)c1cc(F)c(F)c(O)c1F)c1cccc(O)c1. The number of carbonyl (C=O) groups excluding carboxylic acids is 1. The van der Waals surface area contributed by atoms with Gasteiger partial charge in [0.1, 0.15) is 5.75 Å². The van der Waals surface area contributed by atoms with Gasteiger partial charge in [0.15, 0.2) is 17.4 Å². The molecule has 0 radical (unpaired) electrons. The zero-order valence-electron chi connectivity index (χ0n) is 10.8. The fourth-order valence-electron chi connectivity index (χ4n) is 1.75. The van der Waals surface area contributed by atoms with Crippen LogP contribution in [0.25, 0.3) is 0 Å². The Kier molecular flexibility index (Phi) is 3.75. The summed E-state index contributed by atoms with van der Waals surface area (Å²) in [6.45, 7) is 0. The van der Waals surface area contributed by atoms with Crippen LogP contribution >= 0.6 is 0 Å². The molecular weight excluding hydrogens is 287 g/mol. The normalized spacial score (nSPS) is 10.5. The van der Waals surface area contributed by atoms with Crippen LogP contribution in [-0.4, -0.2) is 23.2 Å². The molecule has 0 aromatic heterocycles. The number of amides is 1. The van der Waals surface area contributed by atoms with E-state index in [4.69, 9.17) is 5.11 Å². The number of hydrogen-bond acceptors (Lipinski definition) is 3. The van der Waals surface area contributed by atoms with E-state index in [-0.39, 0.29) is 11.4 Å². The number of phenols is 2. The molecule has 110 valence electrons. The predicted molar refractivity (Wildman–Crippen MR) is 68.8 cm³/mol. The van der Waals surface area contributed by atoms with Gasteiger partial charge in [-0.05, 0) is 18.2 Å². The van der Waals surface area contributed by atoms with Crippen molar-refractivity contribution in [2.75, 3.05) is 11.9 Å². The quantitative estimate of drug-likeness (QED) is 0.838. The third kappa shape index (κ3) is 2.62. The minimum absolute atomic E-state index is 0.124. The van der Waals surface area contributed by atoms with E-state index in [2.05, 4.69) is 0 Å². The molecule has 21 heavy (non-hydrogen) atoms. The van der Waals surface area contributed by atoms with Crippen LogP contribution in [0.3, 0.4) is 0 Å². The molecule has 0 aliphatic heterocycles. The lowest BCUT2D eigenvalue weighted by atomic mass is 10.1. The maximum atomic E-state index is 13.7. The molecule has 0 aliphatic rings. The molecule has 0 saturated heterocycles. The summed E-state index contributed by atoms with van der Waals surface area (Å²) < 4.78 is 39.9. The largest absolute Gasteiger partial charge is 0.508 e. The lowest BCUT2D eigenvalue weighted by molar-refractivity contribution is 0.0987. The molecule has 0 spiro atoms. The molecule has 0 heterocycles. The van der Waals surface area contributed by atoms with E-state index in [9.17, 15) is 23.1 Å². The van der Waals surface area contributed by atoms with Gasteiger partial charge >= 0.3 is 0 Å². The molecule has 0 saturated carbocycles. The number of aromatic hydroxyl groups is 2. The molecule has 0 unspecified atom stereocenters. The van der Waals surface area contributed by atoms with Crippen molar-refractivity contribution in [2.24, 2.45) is 0 Å². The summed E-state index contributed by atoms with van der Waals surface area (Å²) in [5, 5.41) is 18.4. The number of anilines is 1. The van der Waals surface area contributed by atoms with Crippen LogP contribution in [0.1, 0.15) is 10.4 Å². The lowest BCUT2D eigenvalue weighted by Crippen LogP contribution is -2.27. The van der Waals surface area contributed by atoms with E-state index in [1.165, 1.54) is 31.3 Å². The van der Waals surface area contributed by atoms with E-state index in [1.54, 1.807) is 0 Å². The van der Waals surface area contributed by atoms with Gasteiger partial charge in [-0.2, -0.15) is 4.39 Å². The molecule has 2 aromatic carbocycles. The summed E-state index contributed by atoms with van der Waals surface area (Å²) in [5.41, 5.74) is -0.610. The van der Waals surface area contributed by atoms with Gasteiger partial charge in [-0.25, -0.2) is 8.78 Å². The van der Waals surface area contributed by atoms with Crippen LogP contribution in [0.15, 0.2) is 30.3 Å². The smallest absolute Gasteiger partial charge is 0.261 e. The second-order valence-electron chi connectivity index (χ2n) is 4.27. The van der Waals surface area contributed by atoms with E-state index in [1.807, 2.05) is 0 Å². The lowest BCUT2D eigenvalue weighted by Gasteiger charge is -2.18. The highest BCUT2D eigenvalue weighted by Crippen LogP contribution is 2.28. The second-order valence-corrected chi connectivity index (χ2v) is 4.27. The number of nitrogens with zero attached hydrogens (tertiary/aromatic N) is 1. The Bertz CT molecular complexity index is 719. The Morgan fingerprint density at radius 2 is 1.76 bits per heavy atom. The summed E-state index contributed by atoms with van der Waals surface area (Å²) in [6.07, 6.45) is 0. The minimum Gasteiger partial charge on any atom is -0.508 e. The summed E-state index contributed by atoms with van der Waals surface area (Å²) in [5.74, 6) is -7.53. The van der Waals surface area contributed by atoms with Crippen LogP contribution in [-0.2, 0) is 0 Å². The van der Waals surface area contributed by atoms with Crippen LogP contribution in [0.5, 0.6) is 11.5 Å². The van der Waals surface area contributed by atoms with Crippen molar-refractivity contribution in [3.8, 4) is 11.5 Å². The fraction of sp³-hybridized carbons (Fsp3) is 0.0714. The molecule has 2 N–H and O–H groups in total. The summed E-state index contributed by atoms with van der Waals surface area (Å²) in [7, 11) is 1.26. The Morgan fingerprint density at radius 1 is 1.10 bits per heavy atom. The first-order valence-electron chi connectivity index (χ1n) is 5.76. The monoisotopic (exact) mass is 297 g/mol. The minimum atomic E-state index is -1.76. The first kappa shape index (κ1) is 14.7. The van der Waals surface area contributed by atoms with Gasteiger partial charge in [-0.3, -0.25) is 4.79 Å². The summed E-state index contributed by atoms with van der Waals surface area (Å²) in [4.78, 5) is 13.0. The third-order valence-corrected chi connectivity index (χ3v) is 2.89. The number of rotatable bonds is 2. The standard InChI is InChI=1S/C14H10F3NO3/c1-18(7-3-2-4-8(19)5-7)14(21)9-6-10(15)12(17)13(20)11(9)16/h2-6,19-20H,1H3. The van der Waals surface area contributed by atoms with Crippen molar-refractivity contribution in [3.05, 3.63) is 53.3 Å². The molecule has 0 fully saturated rings. The van der Waals surface area contributed by atoms with E-state index >= 15 is 0 Å². The van der Waals surface area contributed by atoms with Crippen LogP contribution in [0.2, 0.25) is 0 Å². The molecule has 0 atom stereocenters. The molecule has 7 heteroatoms. The Balaban J connectivity index is 2.45. The highest BCUT2D eigenvalue weighted by Gasteiger charge is 2.25. The average Bonchev–Trinajstić information content (AvgIpc) is 2.47. The predicted octanol–water partition coefficient (Wildman–Crippen LogP) is 2.79. The molecule has 0 aliphatic carbocycles. The molecule has 4 nitrogen and oxygen atoms in total. The van der Waals surface area contributed by atoms with Crippen molar-refractivity contribution in [1.29, 1.82) is 0 Å². The maximum Gasteiger partial charge on any atom is 0.261 e. The van der Waals surface area contributed by atoms with Gasteiger partial charge in [0.2, 0.25) is 5.82 Å². The van der Waals surface area contributed by atoms with Gasteiger partial charge in [-0.15, -0.1) is 0 Å². The maximum absolute atomic E-state index is 13.7. The van der Waals surface area contributed by atoms with Crippen molar-refractivity contribution < 1.29 is 28.2 Å². The summed E-state index contributed by atoms with van der Waals surface area (Å²) >= 11 is 0. The molecule has 0 bridgehead atoms. The van der Waals surface area contributed by atoms with Crippen molar-refractivity contribution in [2.45, 2.75) is 0 Å². The highest BCUT2D eigenvalue weighted by atomic mass is 19.2. The number of halogens is 3. The first-order valence-corrected chi connectivity index (χ1v) is 5.76. The number of benzene rings is 2. The third-order valence-electron chi connectivity index (χ3n) is 2.89. The molecule has 2 aromatic rings. The zero-order chi connectivity index (χ0) is 15.7. The van der Waals surface area contributed by atoms with Gasteiger partial charge in [0.05, 0.1) is 5.56 Å². The molecular formula is C14H10F3NO3. The Hall–Kier alpha value is -2.70. The average molecular weight is 297 g/mol. The van der Waals surface area contributed by atoms with Crippen LogP contribution < -0.4 is 4.90 Å². The van der Waals surface area contributed by atoms with E-state index < -0.39 is 34.7 Å². The number of carbonyl (C=O) groups is 1. The van der Waals surface area contributed by atoms with Crippen LogP contribution in [0.4, 0.5) is 18.9 Å². The van der Waals surface area contributed by atoms with E-state index in [0.717, 1.165) is 4.90 Å². The van der Waals surface area contributed by atoms with Gasteiger partial charge < -0.3 is 15.1 Å². The van der Waals surface area contributed by atoms with Gasteiger partial charge in [0.25, 0.3) is 5.91 Å². The highest BCUT2D eigenvalue weighted by molar-refractivity contribution is 6.06. The van der Waals surface area contributed by atoms with Crippen molar-refractivity contribution in [3.63, 3.8) is 0 Å². The zero-order valence-corrected chi connectivity index (χ0v) is 10.8. The van der Waals surface area contributed by atoms with Crippen LogP contribution in [0, 0.1) is 17.5 Å². The molecule has 2 rings (SSSR count). The van der Waals surface area contributed by atoms with Gasteiger partial charge in [-0.1, -0.05) is 6.07 Å². The van der Waals surface area contributed by atoms with Crippen molar-refractivity contribution in [1.82, 2.24) is 0 Å². The molecule has 1 amide bonds. The Labute approximate surface area is 117 Å². The second kappa shape index (κ2) is 5.35.